The summed E-state index contributed by atoms with van der Waals surface area (Å²) in [6.07, 6.45) is 2.94. The van der Waals surface area contributed by atoms with Crippen LogP contribution < -0.4 is 5.32 Å². The maximum Gasteiger partial charge on any atom is 0.273 e. The van der Waals surface area contributed by atoms with Gasteiger partial charge < -0.3 is 15.1 Å². The molecule has 0 aromatic carbocycles. The second kappa shape index (κ2) is 8.58. The number of likely N-dealkylation sites (tertiary alicyclic amines) is 1. The van der Waals surface area contributed by atoms with Crippen LogP contribution >= 0.6 is 11.3 Å². The third-order valence-electron chi connectivity index (χ3n) is 4.40. The number of hydrogen-bond donors (Lipinski definition) is 1. The molecule has 2 amide bonds. The molecule has 0 unspecified atom stereocenters. The SMILES string of the molecule is CCCN(C(=O)c1csc(NC(C)=O)n1)C1CCN(C(C)C)CC1. The molecule has 2 rings (SSSR count). The van der Waals surface area contributed by atoms with E-state index in [1.807, 2.05) is 4.90 Å². The van der Waals surface area contributed by atoms with Gasteiger partial charge in [0, 0.05) is 44.0 Å². The largest absolute Gasteiger partial charge is 0.334 e. The molecule has 24 heavy (non-hydrogen) atoms. The van der Waals surface area contributed by atoms with E-state index in [-0.39, 0.29) is 17.9 Å². The van der Waals surface area contributed by atoms with E-state index in [4.69, 9.17) is 0 Å². The Morgan fingerprint density at radius 3 is 2.62 bits per heavy atom. The monoisotopic (exact) mass is 352 g/mol. The summed E-state index contributed by atoms with van der Waals surface area (Å²) in [5.41, 5.74) is 0.434. The van der Waals surface area contributed by atoms with Gasteiger partial charge in [-0.15, -0.1) is 11.3 Å². The summed E-state index contributed by atoms with van der Waals surface area (Å²) in [6, 6.07) is 0.832. The van der Waals surface area contributed by atoms with Gasteiger partial charge in [-0.25, -0.2) is 4.98 Å². The normalized spacial score (nSPS) is 16.4. The third kappa shape index (κ3) is 4.77. The Bertz CT molecular complexity index is 565. The average molecular weight is 353 g/mol. The van der Waals surface area contributed by atoms with Gasteiger partial charge in [-0.1, -0.05) is 6.92 Å². The third-order valence-corrected chi connectivity index (χ3v) is 5.16. The summed E-state index contributed by atoms with van der Waals surface area (Å²) in [7, 11) is 0. The molecule has 1 aromatic rings. The summed E-state index contributed by atoms with van der Waals surface area (Å²) >= 11 is 1.29. The van der Waals surface area contributed by atoms with Crippen molar-refractivity contribution in [3.05, 3.63) is 11.1 Å². The van der Waals surface area contributed by atoms with Gasteiger partial charge in [-0.2, -0.15) is 0 Å². The zero-order valence-corrected chi connectivity index (χ0v) is 15.9. The molecule has 0 radical (unpaired) electrons. The summed E-state index contributed by atoms with van der Waals surface area (Å²) < 4.78 is 0. The first-order chi connectivity index (χ1) is 11.4. The minimum atomic E-state index is -0.171. The van der Waals surface area contributed by atoms with Gasteiger partial charge in [0.15, 0.2) is 5.13 Å². The highest BCUT2D eigenvalue weighted by Gasteiger charge is 2.29. The van der Waals surface area contributed by atoms with Crippen LogP contribution in [0, 0.1) is 0 Å². The van der Waals surface area contributed by atoms with E-state index in [0.717, 1.165) is 38.9 Å². The lowest BCUT2D eigenvalue weighted by molar-refractivity contribution is -0.114. The van der Waals surface area contributed by atoms with Gasteiger partial charge in [0.25, 0.3) is 5.91 Å². The van der Waals surface area contributed by atoms with Crippen LogP contribution in [-0.4, -0.2) is 58.3 Å². The van der Waals surface area contributed by atoms with Crippen LogP contribution in [0.4, 0.5) is 5.13 Å². The molecule has 0 atom stereocenters. The minimum Gasteiger partial charge on any atom is -0.334 e. The summed E-state index contributed by atoms with van der Waals surface area (Å²) in [5, 5.41) is 4.86. The molecular weight excluding hydrogens is 324 g/mol. The number of rotatable bonds is 6. The van der Waals surface area contributed by atoms with Gasteiger partial charge in [0.05, 0.1) is 0 Å². The van der Waals surface area contributed by atoms with Gasteiger partial charge in [-0.3, -0.25) is 9.59 Å². The molecule has 1 aliphatic rings. The molecule has 7 heteroatoms. The fourth-order valence-electron chi connectivity index (χ4n) is 3.13. The Kier molecular flexibility index (Phi) is 6.74. The predicted octanol–water partition coefficient (Wildman–Crippen LogP) is 2.83. The zero-order valence-electron chi connectivity index (χ0n) is 15.0. The maximum absolute atomic E-state index is 12.9. The van der Waals surface area contributed by atoms with Gasteiger partial charge in [0.2, 0.25) is 5.91 Å². The van der Waals surface area contributed by atoms with Crippen LogP contribution in [0.5, 0.6) is 0 Å². The van der Waals surface area contributed by atoms with Gasteiger partial charge in [-0.05, 0) is 33.1 Å². The van der Waals surface area contributed by atoms with Crippen LogP contribution in [0.2, 0.25) is 0 Å². The molecule has 1 saturated heterocycles. The highest BCUT2D eigenvalue weighted by Crippen LogP contribution is 2.22. The summed E-state index contributed by atoms with van der Waals surface area (Å²) in [6.45, 7) is 10.8. The van der Waals surface area contributed by atoms with Gasteiger partial charge >= 0.3 is 0 Å². The molecular formula is C17H28N4O2S. The molecule has 0 spiro atoms. The first-order valence-corrected chi connectivity index (χ1v) is 9.58. The van der Waals surface area contributed by atoms with Crippen molar-refractivity contribution < 1.29 is 9.59 Å². The number of anilines is 1. The van der Waals surface area contributed by atoms with Crippen molar-refractivity contribution in [3.8, 4) is 0 Å². The molecule has 0 bridgehead atoms. The van der Waals surface area contributed by atoms with Crippen LogP contribution in [0.3, 0.4) is 0 Å². The number of hydrogen-bond acceptors (Lipinski definition) is 5. The Hall–Kier alpha value is -1.47. The van der Waals surface area contributed by atoms with Crippen LogP contribution in [0.1, 0.15) is 57.4 Å². The minimum absolute atomic E-state index is 0.0206. The van der Waals surface area contributed by atoms with Crippen molar-refractivity contribution in [2.24, 2.45) is 0 Å². The first-order valence-electron chi connectivity index (χ1n) is 8.70. The Labute approximate surface area is 148 Å². The molecule has 134 valence electrons. The Balaban J connectivity index is 2.05. The highest BCUT2D eigenvalue weighted by atomic mass is 32.1. The van der Waals surface area contributed by atoms with Crippen molar-refractivity contribution in [1.82, 2.24) is 14.8 Å². The van der Waals surface area contributed by atoms with Crippen molar-refractivity contribution in [3.63, 3.8) is 0 Å². The number of carbonyl (C=O) groups is 2. The van der Waals surface area contributed by atoms with E-state index in [9.17, 15) is 9.59 Å². The lowest BCUT2D eigenvalue weighted by Gasteiger charge is -2.39. The lowest BCUT2D eigenvalue weighted by atomic mass is 10.0. The zero-order chi connectivity index (χ0) is 17.7. The van der Waals surface area contributed by atoms with Crippen LogP contribution in [-0.2, 0) is 4.79 Å². The van der Waals surface area contributed by atoms with E-state index in [0.29, 0.717) is 16.9 Å². The molecule has 1 aromatic heterocycles. The smallest absolute Gasteiger partial charge is 0.273 e. The van der Waals surface area contributed by atoms with E-state index < -0.39 is 0 Å². The Morgan fingerprint density at radius 1 is 1.42 bits per heavy atom. The molecule has 0 aliphatic carbocycles. The summed E-state index contributed by atoms with van der Waals surface area (Å²) in [5.74, 6) is -0.192. The number of piperidine rings is 1. The molecule has 6 nitrogen and oxygen atoms in total. The van der Waals surface area contributed by atoms with Crippen LogP contribution in [0.15, 0.2) is 5.38 Å². The average Bonchev–Trinajstić information content (AvgIpc) is 3.00. The second-order valence-corrected chi connectivity index (χ2v) is 7.44. The fraction of sp³-hybridized carbons (Fsp3) is 0.706. The van der Waals surface area contributed by atoms with E-state index in [2.05, 4.69) is 36.0 Å². The molecule has 0 saturated carbocycles. The number of nitrogens with one attached hydrogen (secondary N) is 1. The van der Waals surface area contributed by atoms with E-state index in [1.54, 1.807) is 5.38 Å². The number of aromatic nitrogens is 1. The summed E-state index contributed by atoms with van der Waals surface area (Å²) in [4.78, 5) is 32.7. The number of thiazole rings is 1. The van der Waals surface area contributed by atoms with E-state index in [1.165, 1.54) is 18.3 Å². The highest BCUT2D eigenvalue weighted by molar-refractivity contribution is 7.14. The molecule has 1 N–H and O–H groups in total. The van der Waals surface area contributed by atoms with Crippen molar-refractivity contribution >= 4 is 28.3 Å². The van der Waals surface area contributed by atoms with Crippen LogP contribution in [0.25, 0.3) is 0 Å². The van der Waals surface area contributed by atoms with Crippen molar-refractivity contribution in [2.75, 3.05) is 25.0 Å². The molecule has 1 fully saturated rings. The standard InChI is InChI=1S/C17H28N4O2S/c1-5-8-21(14-6-9-20(10-7-14)12(2)3)16(23)15-11-24-17(19-15)18-13(4)22/h11-12,14H,5-10H2,1-4H3,(H,18,19,22). The molecule has 2 heterocycles. The van der Waals surface area contributed by atoms with Gasteiger partial charge in [0.1, 0.15) is 5.69 Å². The fourth-order valence-corrected chi connectivity index (χ4v) is 3.86. The van der Waals surface area contributed by atoms with Crippen molar-refractivity contribution in [1.29, 1.82) is 0 Å². The first kappa shape index (κ1) is 18.9. The lowest BCUT2D eigenvalue weighted by Crippen LogP contribution is -2.49. The number of nitrogens with zero attached hydrogens (tertiary/aromatic N) is 3. The maximum atomic E-state index is 12.9. The molecule has 1 aliphatic heterocycles. The number of amides is 2. The Morgan fingerprint density at radius 2 is 2.08 bits per heavy atom. The number of carbonyl (C=O) groups excluding carboxylic acids is 2. The van der Waals surface area contributed by atoms with E-state index >= 15 is 0 Å². The topological polar surface area (TPSA) is 65.5 Å². The quantitative estimate of drug-likeness (QED) is 0.855. The predicted molar refractivity (Wildman–Crippen MR) is 97.5 cm³/mol. The second-order valence-electron chi connectivity index (χ2n) is 6.58. The van der Waals surface area contributed by atoms with Crippen molar-refractivity contribution in [2.45, 2.75) is 59.0 Å².